The van der Waals surface area contributed by atoms with E-state index in [1.165, 1.54) is 11.1 Å². The Morgan fingerprint density at radius 2 is 1.06 bits per heavy atom. The van der Waals surface area contributed by atoms with Gasteiger partial charge in [0.1, 0.15) is 0 Å². The van der Waals surface area contributed by atoms with Crippen LogP contribution in [0.25, 0.3) is 22.1 Å². The number of nitrogens with zero attached hydrogens (tertiary/aromatic N) is 2. The summed E-state index contributed by atoms with van der Waals surface area (Å²) >= 11 is 0. The normalized spacial score (nSPS) is 11.1. The third-order valence-corrected chi connectivity index (χ3v) is 2.74. The quantitative estimate of drug-likeness (QED) is 0.529. The number of fused-ring (bicyclic) bond motifs is 2. The molecule has 16 heavy (non-hydrogen) atoms. The zero-order valence-electron chi connectivity index (χ0n) is 9.36. The van der Waals surface area contributed by atoms with Gasteiger partial charge in [0, 0.05) is 0 Å². The third-order valence-electron chi connectivity index (χ3n) is 2.74. The monoisotopic (exact) mass is 208 g/mol. The van der Waals surface area contributed by atoms with E-state index >= 15 is 0 Å². The molecule has 0 aliphatic carbocycles. The van der Waals surface area contributed by atoms with Crippen LogP contribution in [0.15, 0.2) is 36.4 Å². The Bertz CT molecular complexity index is 625. The van der Waals surface area contributed by atoms with Gasteiger partial charge in [-0.25, -0.2) is 9.97 Å². The van der Waals surface area contributed by atoms with Crippen molar-refractivity contribution < 1.29 is 0 Å². The average Bonchev–Trinajstić information content (AvgIpc) is 2.26. The SMILES string of the molecule is Cc1ccc2nc3cc(C)ccc3nc2c1. The second-order valence-corrected chi connectivity index (χ2v) is 4.21. The van der Waals surface area contributed by atoms with Crippen LogP contribution in [0.5, 0.6) is 0 Å². The third kappa shape index (κ3) is 1.43. The van der Waals surface area contributed by atoms with E-state index in [-0.39, 0.29) is 0 Å². The van der Waals surface area contributed by atoms with Crippen LogP contribution in [0.4, 0.5) is 0 Å². The molecular weight excluding hydrogens is 196 g/mol. The van der Waals surface area contributed by atoms with E-state index in [1.807, 2.05) is 12.1 Å². The van der Waals surface area contributed by atoms with Crippen molar-refractivity contribution in [3.63, 3.8) is 0 Å². The average molecular weight is 208 g/mol. The minimum Gasteiger partial charge on any atom is -0.244 e. The fourth-order valence-corrected chi connectivity index (χ4v) is 1.89. The minimum atomic E-state index is 0.962. The lowest BCUT2D eigenvalue weighted by atomic mass is 10.2. The summed E-state index contributed by atoms with van der Waals surface area (Å²) in [6.07, 6.45) is 0. The molecular formula is C14H12N2. The van der Waals surface area contributed by atoms with Crippen LogP contribution < -0.4 is 0 Å². The lowest BCUT2D eigenvalue weighted by Crippen LogP contribution is -1.88. The van der Waals surface area contributed by atoms with E-state index in [0.29, 0.717) is 0 Å². The highest BCUT2D eigenvalue weighted by atomic mass is 14.8. The number of aryl methyl sites for hydroxylation is 2. The second kappa shape index (κ2) is 3.27. The molecule has 1 heterocycles. The highest BCUT2D eigenvalue weighted by molar-refractivity contribution is 5.86. The van der Waals surface area contributed by atoms with Gasteiger partial charge in [0.25, 0.3) is 0 Å². The summed E-state index contributed by atoms with van der Waals surface area (Å²) in [6.45, 7) is 4.14. The van der Waals surface area contributed by atoms with Gasteiger partial charge in [-0.2, -0.15) is 0 Å². The van der Waals surface area contributed by atoms with Gasteiger partial charge >= 0.3 is 0 Å². The molecule has 0 spiro atoms. The van der Waals surface area contributed by atoms with Crippen molar-refractivity contribution in [1.29, 1.82) is 0 Å². The van der Waals surface area contributed by atoms with Crippen LogP contribution in [0, 0.1) is 13.8 Å². The zero-order valence-corrected chi connectivity index (χ0v) is 9.36. The Kier molecular flexibility index (Phi) is 1.90. The Labute approximate surface area is 94.0 Å². The smallest absolute Gasteiger partial charge is 0.0897 e. The summed E-state index contributed by atoms with van der Waals surface area (Å²) in [7, 11) is 0. The standard InChI is InChI=1S/C14H12N2/c1-9-3-5-11-13(7-9)15-12-6-4-10(2)8-14(12)16-11/h3-8H,1-2H3. The molecule has 0 unspecified atom stereocenters. The number of hydrogen-bond donors (Lipinski definition) is 0. The summed E-state index contributed by atoms with van der Waals surface area (Å²) in [5, 5.41) is 0. The number of benzene rings is 2. The molecule has 2 heteroatoms. The van der Waals surface area contributed by atoms with E-state index in [1.54, 1.807) is 0 Å². The van der Waals surface area contributed by atoms with Gasteiger partial charge in [-0.3, -0.25) is 0 Å². The highest BCUT2D eigenvalue weighted by Gasteiger charge is 2.01. The van der Waals surface area contributed by atoms with Crippen molar-refractivity contribution in [2.24, 2.45) is 0 Å². The highest BCUT2D eigenvalue weighted by Crippen LogP contribution is 2.17. The van der Waals surface area contributed by atoms with Gasteiger partial charge in [0.15, 0.2) is 0 Å². The molecule has 2 aromatic carbocycles. The molecule has 0 aliphatic heterocycles. The van der Waals surface area contributed by atoms with Crippen LogP contribution in [-0.2, 0) is 0 Å². The van der Waals surface area contributed by atoms with Gasteiger partial charge in [0.2, 0.25) is 0 Å². The topological polar surface area (TPSA) is 25.8 Å². The first-order valence-corrected chi connectivity index (χ1v) is 5.37. The van der Waals surface area contributed by atoms with Gasteiger partial charge < -0.3 is 0 Å². The largest absolute Gasteiger partial charge is 0.244 e. The summed E-state index contributed by atoms with van der Waals surface area (Å²) in [6, 6.07) is 12.3. The second-order valence-electron chi connectivity index (χ2n) is 4.21. The molecule has 0 saturated heterocycles. The molecule has 0 saturated carbocycles. The Morgan fingerprint density at radius 1 is 0.625 bits per heavy atom. The predicted octanol–water partition coefficient (Wildman–Crippen LogP) is 3.40. The van der Waals surface area contributed by atoms with Crippen LogP contribution in [0.1, 0.15) is 11.1 Å². The molecule has 2 nitrogen and oxygen atoms in total. The first kappa shape index (κ1) is 9.28. The lowest BCUT2D eigenvalue weighted by molar-refractivity contribution is 1.35. The first-order chi connectivity index (χ1) is 7.72. The first-order valence-electron chi connectivity index (χ1n) is 5.37. The van der Waals surface area contributed by atoms with Gasteiger partial charge in [0.05, 0.1) is 22.1 Å². The Morgan fingerprint density at radius 3 is 1.50 bits per heavy atom. The van der Waals surface area contributed by atoms with Crippen molar-refractivity contribution in [2.75, 3.05) is 0 Å². The van der Waals surface area contributed by atoms with Gasteiger partial charge in [-0.15, -0.1) is 0 Å². The minimum absolute atomic E-state index is 0.962. The molecule has 0 fully saturated rings. The molecule has 1 aromatic heterocycles. The molecule has 0 amide bonds. The summed E-state index contributed by atoms with van der Waals surface area (Å²) < 4.78 is 0. The van der Waals surface area contributed by atoms with E-state index in [2.05, 4.69) is 48.1 Å². The molecule has 0 N–H and O–H groups in total. The maximum Gasteiger partial charge on any atom is 0.0897 e. The van der Waals surface area contributed by atoms with Crippen LogP contribution >= 0.6 is 0 Å². The number of rotatable bonds is 0. The zero-order chi connectivity index (χ0) is 11.1. The molecule has 0 atom stereocenters. The van der Waals surface area contributed by atoms with E-state index in [0.717, 1.165) is 22.1 Å². The van der Waals surface area contributed by atoms with E-state index < -0.39 is 0 Å². The summed E-state index contributed by atoms with van der Waals surface area (Å²) in [5.74, 6) is 0. The Balaban J connectivity index is 2.44. The Hall–Kier alpha value is -1.96. The molecule has 3 aromatic rings. The van der Waals surface area contributed by atoms with Gasteiger partial charge in [-0.1, -0.05) is 12.1 Å². The summed E-state index contributed by atoms with van der Waals surface area (Å²) in [4.78, 5) is 9.23. The lowest BCUT2D eigenvalue weighted by Gasteiger charge is -2.02. The summed E-state index contributed by atoms with van der Waals surface area (Å²) in [5.41, 5.74) is 6.29. The number of hydrogen-bond acceptors (Lipinski definition) is 2. The molecule has 0 aliphatic rings. The molecule has 3 rings (SSSR count). The number of aromatic nitrogens is 2. The molecule has 0 bridgehead atoms. The van der Waals surface area contributed by atoms with Crippen molar-refractivity contribution in [2.45, 2.75) is 13.8 Å². The maximum absolute atomic E-state index is 4.62. The van der Waals surface area contributed by atoms with Gasteiger partial charge in [-0.05, 0) is 49.2 Å². The fraction of sp³-hybridized carbons (Fsp3) is 0.143. The van der Waals surface area contributed by atoms with E-state index in [9.17, 15) is 0 Å². The molecule has 78 valence electrons. The predicted molar refractivity (Wildman–Crippen MR) is 66.5 cm³/mol. The fourth-order valence-electron chi connectivity index (χ4n) is 1.89. The van der Waals surface area contributed by atoms with Crippen molar-refractivity contribution in [3.8, 4) is 0 Å². The van der Waals surface area contributed by atoms with Crippen LogP contribution in [0.2, 0.25) is 0 Å². The van der Waals surface area contributed by atoms with Crippen molar-refractivity contribution in [1.82, 2.24) is 9.97 Å². The van der Waals surface area contributed by atoms with Crippen LogP contribution in [-0.4, -0.2) is 9.97 Å². The van der Waals surface area contributed by atoms with Crippen LogP contribution in [0.3, 0.4) is 0 Å². The van der Waals surface area contributed by atoms with Crippen molar-refractivity contribution in [3.05, 3.63) is 47.5 Å². The maximum atomic E-state index is 4.62. The van der Waals surface area contributed by atoms with E-state index in [4.69, 9.17) is 0 Å². The molecule has 0 radical (unpaired) electrons. The van der Waals surface area contributed by atoms with Crippen molar-refractivity contribution >= 4 is 22.1 Å².